The summed E-state index contributed by atoms with van der Waals surface area (Å²) < 4.78 is 10.9. The van der Waals surface area contributed by atoms with E-state index in [1.165, 1.54) is 32.4 Å². The van der Waals surface area contributed by atoms with Gasteiger partial charge >= 0.3 is 0 Å². The van der Waals surface area contributed by atoms with Crippen molar-refractivity contribution in [3.8, 4) is 11.5 Å². The van der Waals surface area contributed by atoms with E-state index >= 15 is 0 Å². The zero-order valence-electron chi connectivity index (χ0n) is 16.4. The van der Waals surface area contributed by atoms with Crippen LogP contribution in [0.4, 0.5) is 0 Å². The first kappa shape index (κ1) is 22.1. The van der Waals surface area contributed by atoms with Gasteiger partial charge in [0.25, 0.3) is 0 Å². The third kappa shape index (κ3) is 7.37. The van der Waals surface area contributed by atoms with Crippen molar-refractivity contribution in [1.29, 1.82) is 0 Å². The lowest BCUT2D eigenvalue weighted by atomic mass is 10.1. The van der Waals surface area contributed by atoms with Gasteiger partial charge in [-0.3, -0.25) is 4.99 Å². The highest BCUT2D eigenvalue weighted by atomic mass is 127. The molecule has 1 unspecified atom stereocenters. The molecule has 1 saturated carbocycles. The number of rotatable bonds is 9. The number of methoxy groups -OCH3 is 1. The standard InChI is InChI=1S/C20H32N4O2.HI/c1-3-21-20(23-14-16-10-12-24(15-16)17-4-5-17)22-11-13-26-19-8-6-18(25-2)7-9-19;/h6-9,16-17H,3-5,10-15H2,1-2H3,(H2,21,22,23);1H. The summed E-state index contributed by atoms with van der Waals surface area (Å²) in [5.74, 6) is 3.27. The fraction of sp³-hybridized carbons (Fsp3) is 0.650. The summed E-state index contributed by atoms with van der Waals surface area (Å²) in [5, 5.41) is 6.68. The number of hydrogen-bond donors (Lipinski definition) is 2. The van der Waals surface area contributed by atoms with Crippen LogP contribution in [-0.2, 0) is 0 Å². The third-order valence-electron chi connectivity index (χ3n) is 4.96. The van der Waals surface area contributed by atoms with Crippen molar-refractivity contribution in [2.75, 3.05) is 46.4 Å². The van der Waals surface area contributed by atoms with Gasteiger partial charge in [-0.2, -0.15) is 0 Å². The lowest BCUT2D eigenvalue weighted by molar-refractivity contribution is 0.315. The van der Waals surface area contributed by atoms with Crippen LogP contribution in [0.15, 0.2) is 29.3 Å². The molecule has 2 N–H and O–H groups in total. The minimum Gasteiger partial charge on any atom is -0.497 e. The molecule has 1 saturated heterocycles. The van der Waals surface area contributed by atoms with E-state index in [0.717, 1.165) is 43.1 Å². The van der Waals surface area contributed by atoms with Crippen LogP contribution in [0.5, 0.6) is 11.5 Å². The SMILES string of the molecule is CCNC(=NCC1CCN(C2CC2)C1)NCCOc1ccc(OC)cc1.I. The molecule has 7 heteroatoms. The van der Waals surface area contributed by atoms with E-state index in [1.54, 1.807) is 7.11 Å². The van der Waals surface area contributed by atoms with Gasteiger partial charge in [0, 0.05) is 25.7 Å². The monoisotopic (exact) mass is 488 g/mol. The normalized spacial score (nSPS) is 20.1. The fourth-order valence-electron chi connectivity index (χ4n) is 3.36. The number of guanidine groups is 1. The first-order valence-corrected chi connectivity index (χ1v) is 9.81. The van der Waals surface area contributed by atoms with Crippen molar-refractivity contribution >= 4 is 29.9 Å². The molecular formula is C20H33IN4O2. The number of hydrogen-bond acceptors (Lipinski definition) is 4. The fourth-order valence-corrected chi connectivity index (χ4v) is 3.36. The van der Waals surface area contributed by atoms with Crippen LogP contribution in [0.2, 0.25) is 0 Å². The Labute approximate surface area is 180 Å². The van der Waals surface area contributed by atoms with Gasteiger partial charge < -0.3 is 25.0 Å². The molecule has 1 aliphatic heterocycles. The molecule has 2 fully saturated rings. The van der Waals surface area contributed by atoms with Crippen molar-refractivity contribution in [3.63, 3.8) is 0 Å². The van der Waals surface area contributed by atoms with E-state index in [9.17, 15) is 0 Å². The van der Waals surface area contributed by atoms with Gasteiger partial charge in [0.2, 0.25) is 0 Å². The summed E-state index contributed by atoms with van der Waals surface area (Å²) in [5.41, 5.74) is 0. The minimum absolute atomic E-state index is 0. The van der Waals surface area contributed by atoms with Crippen LogP contribution in [0.25, 0.3) is 0 Å². The van der Waals surface area contributed by atoms with E-state index < -0.39 is 0 Å². The first-order chi connectivity index (χ1) is 12.8. The van der Waals surface area contributed by atoms with Crippen LogP contribution in [0.3, 0.4) is 0 Å². The lowest BCUT2D eigenvalue weighted by Gasteiger charge is -2.15. The molecule has 1 aromatic carbocycles. The Morgan fingerprint density at radius 2 is 1.89 bits per heavy atom. The summed E-state index contributed by atoms with van der Waals surface area (Å²) in [6.07, 6.45) is 4.07. The van der Waals surface area contributed by atoms with Crippen molar-refractivity contribution in [2.45, 2.75) is 32.2 Å². The van der Waals surface area contributed by atoms with Gasteiger partial charge in [0.05, 0.1) is 13.7 Å². The van der Waals surface area contributed by atoms with Crippen molar-refractivity contribution in [1.82, 2.24) is 15.5 Å². The third-order valence-corrected chi connectivity index (χ3v) is 4.96. The van der Waals surface area contributed by atoms with Gasteiger partial charge in [0.1, 0.15) is 18.1 Å². The second-order valence-corrected chi connectivity index (χ2v) is 7.05. The molecule has 1 atom stereocenters. The van der Waals surface area contributed by atoms with Crippen LogP contribution >= 0.6 is 24.0 Å². The zero-order chi connectivity index (χ0) is 18.2. The molecule has 0 spiro atoms. The number of aliphatic imine (C=N–C) groups is 1. The number of nitrogens with one attached hydrogen (secondary N) is 2. The van der Waals surface area contributed by atoms with Crippen molar-refractivity contribution in [2.24, 2.45) is 10.9 Å². The Balaban J connectivity index is 0.00000261. The number of likely N-dealkylation sites (tertiary alicyclic amines) is 1. The minimum atomic E-state index is 0. The van der Waals surface area contributed by atoms with Crippen LogP contribution < -0.4 is 20.1 Å². The Hall–Kier alpha value is -1.22. The topological polar surface area (TPSA) is 58.1 Å². The lowest BCUT2D eigenvalue weighted by Crippen LogP contribution is -2.39. The quantitative estimate of drug-likeness (QED) is 0.242. The van der Waals surface area contributed by atoms with Gasteiger partial charge in [0.15, 0.2) is 5.96 Å². The summed E-state index contributed by atoms with van der Waals surface area (Å²) in [6.45, 7) is 7.64. The Bertz CT molecular complexity index is 578. The molecule has 2 aliphatic rings. The highest BCUT2D eigenvalue weighted by Gasteiger charge is 2.34. The summed E-state index contributed by atoms with van der Waals surface area (Å²) in [4.78, 5) is 7.41. The van der Waals surface area contributed by atoms with Crippen LogP contribution in [0.1, 0.15) is 26.2 Å². The van der Waals surface area contributed by atoms with E-state index in [4.69, 9.17) is 14.5 Å². The summed E-state index contributed by atoms with van der Waals surface area (Å²) in [7, 11) is 1.66. The maximum absolute atomic E-state index is 5.75. The molecule has 3 rings (SSSR count). The van der Waals surface area contributed by atoms with Gasteiger partial charge in [-0.25, -0.2) is 0 Å². The largest absolute Gasteiger partial charge is 0.497 e. The smallest absolute Gasteiger partial charge is 0.191 e. The summed E-state index contributed by atoms with van der Waals surface area (Å²) in [6, 6.07) is 8.53. The van der Waals surface area contributed by atoms with E-state index in [0.29, 0.717) is 12.5 Å². The molecule has 0 bridgehead atoms. The van der Waals surface area contributed by atoms with E-state index in [2.05, 4.69) is 22.5 Å². The number of halogens is 1. The predicted molar refractivity (Wildman–Crippen MR) is 121 cm³/mol. The van der Waals surface area contributed by atoms with E-state index in [1.807, 2.05) is 24.3 Å². The van der Waals surface area contributed by atoms with Gasteiger partial charge in [-0.15, -0.1) is 24.0 Å². The maximum Gasteiger partial charge on any atom is 0.191 e. The predicted octanol–water partition coefficient (Wildman–Crippen LogP) is 2.73. The molecule has 152 valence electrons. The van der Waals surface area contributed by atoms with Crippen LogP contribution in [-0.4, -0.2) is 63.3 Å². The second-order valence-electron chi connectivity index (χ2n) is 7.05. The molecule has 0 radical (unpaired) electrons. The van der Waals surface area contributed by atoms with Gasteiger partial charge in [-0.1, -0.05) is 0 Å². The Morgan fingerprint density at radius 3 is 2.56 bits per heavy atom. The van der Waals surface area contributed by atoms with Crippen LogP contribution in [0, 0.1) is 5.92 Å². The highest BCUT2D eigenvalue weighted by molar-refractivity contribution is 14.0. The molecule has 6 nitrogen and oxygen atoms in total. The van der Waals surface area contributed by atoms with E-state index in [-0.39, 0.29) is 24.0 Å². The molecule has 27 heavy (non-hydrogen) atoms. The molecule has 0 aromatic heterocycles. The highest BCUT2D eigenvalue weighted by Crippen LogP contribution is 2.31. The van der Waals surface area contributed by atoms with Crippen molar-refractivity contribution < 1.29 is 9.47 Å². The first-order valence-electron chi connectivity index (χ1n) is 9.81. The summed E-state index contributed by atoms with van der Waals surface area (Å²) >= 11 is 0. The van der Waals surface area contributed by atoms with Gasteiger partial charge in [-0.05, 0) is 62.9 Å². The molecular weight excluding hydrogens is 455 g/mol. The van der Waals surface area contributed by atoms with Crippen molar-refractivity contribution in [3.05, 3.63) is 24.3 Å². The number of benzene rings is 1. The Morgan fingerprint density at radius 1 is 1.15 bits per heavy atom. The number of nitrogens with zero attached hydrogens (tertiary/aromatic N) is 2. The molecule has 1 aromatic rings. The average molecular weight is 488 g/mol. The molecule has 1 heterocycles. The molecule has 1 aliphatic carbocycles. The maximum atomic E-state index is 5.75. The average Bonchev–Trinajstić information content (AvgIpc) is 3.42. The zero-order valence-corrected chi connectivity index (χ0v) is 18.8. The molecule has 0 amide bonds. The number of ether oxygens (including phenoxy) is 2. The Kier molecular flexibility index (Phi) is 9.47. The second kappa shape index (κ2) is 11.6.